The minimum atomic E-state index is -0.627. The van der Waals surface area contributed by atoms with Gasteiger partial charge in [-0.05, 0) is 31.7 Å². The lowest BCUT2D eigenvalue weighted by molar-refractivity contribution is -0.145. The Bertz CT molecular complexity index is 720. The number of hydrogen-bond acceptors (Lipinski definition) is 5. The van der Waals surface area contributed by atoms with E-state index in [1.165, 1.54) is 0 Å². The van der Waals surface area contributed by atoms with Crippen LogP contribution in [-0.2, 0) is 19.1 Å². The molecule has 3 atom stereocenters. The Labute approximate surface area is 184 Å². The van der Waals surface area contributed by atoms with Crippen molar-refractivity contribution in [1.29, 1.82) is 0 Å². The molecule has 0 saturated carbocycles. The van der Waals surface area contributed by atoms with Crippen molar-refractivity contribution < 1.29 is 24.2 Å². The maximum atomic E-state index is 12.9. The zero-order valence-electron chi connectivity index (χ0n) is 18.2. The smallest absolute Gasteiger partial charge is 0.305 e. The predicted octanol–water partition coefficient (Wildman–Crippen LogP) is 2.82. The zero-order chi connectivity index (χ0) is 23.1. The topological polar surface area (TPSA) is 105 Å². The number of carbonyl (C=O) groups is 3. The molecule has 0 aliphatic carbocycles. The minimum absolute atomic E-state index is 0.00275. The number of aliphatic hydroxyl groups is 1. The molecule has 2 amide bonds. The highest BCUT2D eigenvalue weighted by molar-refractivity contribution is 5.86. The number of ether oxygens (including phenoxy) is 1. The zero-order valence-corrected chi connectivity index (χ0v) is 18.2. The molecule has 0 heterocycles. The third-order valence-corrected chi connectivity index (χ3v) is 4.65. The number of rotatable bonds is 15. The van der Waals surface area contributed by atoms with Crippen LogP contribution in [0, 0.1) is 5.92 Å². The van der Waals surface area contributed by atoms with E-state index in [-0.39, 0.29) is 43.8 Å². The molecule has 0 fully saturated rings. The summed E-state index contributed by atoms with van der Waals surface area (Å²) in [5, 5.41) is 14.6. The highest BCUT2D eigenvalue weighted by Crippen LogP contribution is 2.17. The Morgan fingerprint density at radius 2 is 1.84 bits per heavy atom. The third-order valence-electron chi connectivity index (χ3n) is 4.65. The Morgan fingerprint density at radius 1 is 1.13 bits per heavy atom. The molecule has 0 saturated heterocycles. The summed E-state index contributed by atoms with van der Waals surface area (Å²) in [5.41, 5.74) is 0.797. The number of unbranched alkanes of at least 4 members (excludes halogenated alkanes) is 1. The molecule has 1 aromatic rings. The molecule has 3 N–H and O–H groups in total. The van der Waals surface area contributed by atoms with Crippen LogP contribution in [0.4, 0.5) is 0 Å². The van der Waals surface area contributed by atoms with Crippen LogP contribution >= 0.6 is 0 Å². The van der Waals surface area contributed by atoms with Gasteiger partial charge in [-0.15, -0.1) is 13.2 Å². The Morgan fingerprint density at radius 3 is 2.45 bits per heavy atom. The van der Waals surface area contributed by atoms with Crippen molar-refractivity contribution in [2.45, 2.75) is 51.1 Å². The van der Waals surface area contributed by atoms with E-state index in [4.69, 9.17) is 9.84 Å². The van der Waals surface area contributed by atoms with Crippen LogP contribution in [0.25, 0.3) is 0 Å². The number of benzene rings is 1. The van der Waals surface area contributed by atoms with Gasteiger partial charge in [-0.1, -0.05) is 42.5 Å². The van der Waals surface area contributed by atoms with Crippen LogP contribution in [0.15, 0.2) is 55.6 Å². The maximum absolute atomic E-state index is 12.9. The molecule has 0 radical (unpaired) electrons. The van der Waals surface area contributed by atoms with Gasteiger partial charge < -0.3 is 20.5 Å². The van der Waals surface area contributed by atoms with Gasteiger partial charge in [-0.3, -0.25) is 14.4 Å². The number of esters is 1. The molecule has 170 valence electrons. The van der Waals surface area contributed by atoms with E-state index < -0.39 is 18.0 Å². The molecule has 7 nitrogen and oxygen atoms in total. The van der Waals surface area contributed by atoms with Crippen LogP contribution < -0.4 is 10.6 Å². The lowest BCUT2D eigenvalue weighted by Crippen LogP contribution is -2.40. The first-order chi connectivity index (χ1) is 14.9. The summed E-state index contributed by atoms with van der Waals surface area (Å²) >= 11 is 0. The quantitative estimate of drug-likeness (QED) is 0.225. The second kappa shape index (κ2) is 15.0. The van der Waals surface area contributed by atoms with Gasteiger partial charge in [0.1, 0.15) is 6.61 Å². The van der Waals surface area contributed by atoms with Gasteiger partial charge in [0.15, 0.2) is 0 Å². The number of aliphatic hydroxyl groups excluding tert-OH is 1. The number of amides is 2. The van der Waals surface area contributed by atoms with E-state index in [1.807, 2.05) is 30.3 Å². The van der Waals surface area contributed by atoms with Crippen LogP contribution in [0.5, 0.6) is 0 Å². The van der Waals surface area contributed by atoms with Gasteiger partial charge in [0.2, 0.25) is 11.8 Å². The Kier molecular flexibility index (Phi) is 12.6. The molecule has 0 aliphatic rings. The van der Waals surface area contributed by atoms with Crippen molar-refractivity contribution in [2.24, 2.45) is 5.92 Å². The second-order valence-electron chi connectivity index (χ2n) is 7.41. The Balaban J connectivity index is 2.81. The number of nitrogens with one attached hydrogen (secondary N) is 2. The van der Waals surface area contributed by atoms with Crippen molar-refractivity contribution in [3.05, 3.63) is 61.2 Å². The summed E-state index contributed by atoms with van der Waals surface area (Å²) in [5.74, 6) is -1.62. The van der Waals surface area contributed by atoms with E-state index in [9.17, 15) is 14.4 Å². The molecule has 0 unspecified atom stereocenters. The highest BCUT2D eigenvalue weighted by atomic mass is 16.5. The number of hydrogen-bond donors (Lipinski definition) is 3. The van der Waals surface area contributed by atoms with Crippen molar-refractivity contribution in [2.75, 3.05) is 13.2 Å². The second-order valence-corrected chi connectivity index (χ2v) is 7.41. The van der Waals surface area contributed by atoms with Crippen molar-refractivity contribution in [3.63, 3.8) is 0 Å². The van der Waals surface area contributed by atoms with Gasteiger partial charge in [-0.25, -0.2) is 0 Å². The van der Waals surface area contributed by atoms with Crippen LogP contribution in [0.3, 0.4) is 0 Å². The van der Waals surface area contributed by atoms with E-state index in [2.05, 4.69) is 23.8 Å². The molecule has 0 aliphatic heterocycles. The summed E-state index contributed by atoms with van der Waals surface area (Å²) in [6.45, 7) is 8.79. The molecule has 0 spiro atoms. The molecular formula is C24H34N2O5. The predicted molar refractivity (Wildman–Crippen MR) is 120 cm³/mol. The number of carbonyl (C=O) groups excluding carboxylic acids is 3. The Hall–Kier alpha value is -2.93. The van der Waals surface area contributed by atoms with E-state index >= 15 is 0 Å². The van der Waals surface area contributed by atoms with Crippen LogP contribution in [0.1, 0.15) is 50.6 Å². The third kappa shape index (κ3) is 10.6. The van der Waals surface area contributed by atoms with Crippen LogP contribution in [0.2, 0.25) is 0 Å². The van der Waals surface area contributed by atoms with E-state index in [0.717, 1.165) is 12.0 Å². The summed E-state index contributed by atoms with van der Waals surface area (Å²) in [6, 6.07) is 8.29. The lowest BCUT2D eigenvalue weighted by Gasteiger charge is -2.23. The standard InChI is InChI=1S/C24H34N2O5/c1-4-6-8-14-23(29)31-17-21(19-12-9-7-10-13-19)26-24(30)20(11-5-2)15-22(28)25-18(3)16-27/h4-5,7,9-10,12-13,18,20-21,27H,1-2,6,8,11,14-17H2,3H3,(H,25,28)(H,26,30)/t18-,20+,21+/m1/s1. The number of allylic oxidation sites excluding steroid dienone is 2. The van der Waals surface area contributed by atoms with Gasteiger partial charge in [0, 0.05) is 18.9 Å². The monoisotopic (exact) mass is 430 g/mol. The fourth-order valence-electron chi connectivity index (χ4n) is 2.92. The first-order valence-corrected chi connectivity index (χ1v) is 10.5. The molecule has 0 bridgehead atoms. The summed E-state index contributed by atoms with van der Waals surface area (Å²) in [6.07, 6.45) is 5.29. The first-order valence-electron chi connectivity index (χ1n) is 10.5. The molecule has 7 heteroatoms. The molecule has 31 heavy (non-hydrogen) atoms. The molecule has 0 aromatic heterocycles. The highest BCUT2D eigenvalue weighted by Gasteiger charge is 2.25. The van der Waals surface area contributed by atoms with Crippen LogP contribution in [-0.4, -0.2) is 42.1 Å². The average Bonchev–Trinajstić information content (AvgIpc) is 2.76. The van der Waals surface area contributed by atoms with E-state index in [1.54, 1.807) is 19.1 Å². The van der Waals surface area contributed by atoms with Crippen molar-refractivity contribution in [1.82, 2.24) is 10.6 Å². The lowest BCUT2D eigenvalue weighted by atomic mass is 9.98. The maximum Gasteiger partial charge on any atom is 0.305 e. The van der Waals surface area contributed by atoms with E-state index in [0.29, 0.717) is 12.8 Å². The fourth-order valence-corrected chi connectivity index (χ4v) is 2.92. The summed E-state index contributed by atoms with van der Waals surface area (Å²) < 4.78 is 5.38. The van der Waals surface area contributed by atoms with Gasteiger partial charge >= 0.3 is 5.97 Å². The first kappa shape index (κ1) is 26.1. The average molecular weight is 431 g/mol. The normalized spacial score (nSPS) is 13.4. The summed E-state index contributed by atoms with van der Waals surface area (Å²) in [7, 11) is 0. The summed E-state index contributed by atoms with van der Waals surface area (Å²) in [4.78, 5) is 37.1. The van der Waals surface area contributed by atoms with Gasteiger partial charge in [-0.2, -0.15) is 0 Å². The van der Waals surface area contributed by atoms with Crippen molar-refractivity contribution in [3.8, 4) is 0 Å². The largest absolute Gasteiger partial charge is 0.463 e. The van der Waals surface area contributed by atoms with Gasteiger partial charge in [0.05, 0.1) is 18.6 Å². The van der Waals surface area contributed by atoms with Gasteiger partial charge in [0.25, 0.3) is 0 Å². The molecule has 1 aromatic carbocycles. The SMILES string of the molecule is C=CCCCC(=O)OC[C@H](NC(=O)[C@@H](CC=C)CC(=O)N[C@H](C)CO)c1ccccc1. The molecule has 1 rings (SSSR count). The van der Waals surface area contributed by atoms with Crippen molar-refractivity contribution >= 4 is 17.8 Å². The fraction of sp³-hybridized carbons (Fsp3) is 0.458. The minimum Gasteiger partial charge on any atom is -0.463 e. The molecular weight excluding hydrogens is 396 g/mol.